The van der Waals surface area contributed by atoms with E-state index in [4.69, 9.17) is 5.11 Å². The third-order valence-electron chi connectivity index (χ3n) is 1.63. The summed E-state index contributed by atoms with van der Waals surface area (Å²) in [4.78, 5) is 8.07. The van der Waals surface area contributed by atoms with Crippen LogP contribution in [0.15, 0.2) is 29.5 Å². The molecule has 0 spiro atoms. The highest BCUT2D eigenvalue weighted by molar-refractivity contribution is 9.10. The maximum absolute atomic E-state index is 9.00. The standard InChI is InChI=1S/C9H12BrN3O/c1-2-3-8(6-14)13-9-11-4-7(10)5-12-9/h2,4-5,8,14H,1,3,6H2,(H,11,12,13)/t8-/m1/s1. The number of aliphatic hydroxyl groups is 1. The second-order valence-corrected chi connectivity index (χ2v) is 3.69. The molecule has 0 aromatic carbocycles. The SMILES string of the molecule is C=CC[C@H](CO)Nc1ncc(Br)cn1. The number of nitrogens with zero attached hydrogens (tertiary/aromatic N) is 2. The summed E-state index contributed by atoms with van der Waals surface area (Å²) < 4.78 is 0.826. The lowest BCUT2D eigenvalue weighted by Crippen LogP contribution is -2.24. The number of aromatic nitrogens is 2. The first-order valence-electron chi connectivity index (χ1n) is 4.22. The number of hydrogen-bond donors (Lipinski definition) is 2. The highest BCUT2D eigenvalue weighted by atomic mass is 79.9. The zero-order valence-corrected chi connectivity index (χ0v) is 9.24. The Balaban J connectivity index is 2.57. The molecule has 0 fully saturated rings. The Morgan fingerprint density at radius 3 is 2.71 bits per heavy atom. The topological polar surface area (TPSA) is 58.0 Å². The summed E-state index contributed by atoms with van der Waals surface area (Å²) in [5.74, 6) is 0.508. The van der Waals surface area contributed by atoms with Gasteiger partial charge in [0.15, 0.2) is 0 Å². The van der Waals surface area contributed by atoms with Crippen LogP contribution in [0.1, 0.15) is 6.42 Å². The summed E-state index contributed by atoms with van der Waals surface area (Å²) in [5, 5.41) is 12.0. The molecule has 0 saturated heterocycles. The second-order valence-electron chi connectivity index (χ2n) is 2.77. The average molecular weight is 258 g/mol. The molecule has 5 heteroatoms. The molecule has 0 bridgehead atoms. The van der Waals surface area contributed by atoms with Crippen molar-refractivity contribution in [2.45, 2.75) is 12.5 Å². The zero-order valence-electron chi connectivity index (χ0n) is 7.65. The molecular formula is C9H12BrN3O. The molecular weight excluding hydrogens is 246 g/mol. The van der Waals surface area contributed by atoms with Gasteiger partial charge in [0, 0.05) is 12.4 Å². The van der Waals surface area contributed by atoms with Crippen molar-refractivity contribution in [3.05, 3.63) is 29.5 Å². The van der Waals surface area contributed by atoms with Gasteiger partial charge < -0.3 is 10.4 Å². The van der Waals surface area contributed by atoms with Crippen molar-refractivity contribution in [2.24, 2.45) is 0 Å². The zero-order chi connectivity index (χ0) is 10.4. The summed E-state index contributed by atoms with van der Waals surface area (Å²) in [6.45, 7) is 3.64. The summed E-state index contributed by atoms with van der Waals surface area (Å²) in [6, 6.07) is -0.0753. The van der Waals surface area contributed by atoms with Gasteiger partial charge in [-0.3, -0.25) is 0 Å². The highest BCUT2D eigenvalue weighted by Crippen LogP contribution is 2.08. The summed E-state index contributed by atoms with van der Waals surface area (Å²) in [5.41, 5.74) is 0. The van der Waals surface area contributed by atoms with Crippen LogP contribution in [0.5, 0.6) is 0 Å². The second kappa shape index (κ2) is 5.72. The van der Waals surface area contributed by atoms with Crippen molar-refractivity contribution in [3.8, 4) is 0 Å². The Morgan fingerprint density at radius 2 is 2.21 bits per heavy atom. The van der Waals surface area contributed by atoms with Crippen molar-refractivity contribution < 1.29 is 5.11 Å². The van der Waals surface area contributed by atoms with Crippen LogP contribution in [-0.4, -0.2) is 27.7 Å². The molecule has 4 nitrogen and oxygen atoms in total. The third-order valence-corrected chi connectivity index (χ3v) is 2.03. The van der Waals surface area contributed by atoms with E-state index in [-0.39, 0.29) is 12.6 Å². The highest BCUT2D eigenvalue weighted by Gasteiger charge is 2.05. The monoisotopic (exact) mass is 257 g/mol. The quantitative estimate of drug-likeness (QED) is 0.787. The first-order valence-corrected chi connectivity index (χ1v) is 5.01. The van der Waals surface area contributed by atoms with Gasteiger partial charge in [-0.15, -0.1) is 6.58 Å². The molecule has 0 saturated carbocycles. The number of hydrogen-bond acceptors (Lipinski definition) is 4. The lowest BCUT2D eigenvalue weighted by atomic mass is 10.2. The molecule has 0 aliphatic heterocycles. The maximum Gasteiger partial charge on any atom is 0.222 e. The molecule has 1 aromatic rings. The van der Waals surface area contributed by atoms with Crippen LogP contribution < -0.4 is 5.32 Å². The minimum Gasteiger partial charge on any atom is -0.394 e. The molecule has 1 aromatic heterocycles. The van der Waals surface area contributed by atoms with Crippen molar-refractivity contribution >= 4 is 21.9 Å². The third kappa shape index (κ3) is 3.43. The molecule has 14 heavy (non-hydrogen) atoms. The molecule has 0 aliphatic rings. The molecule has 1 rings (SSSR count). The predicted octanol–water partition coefficient (Wildman–Crippen LogP) is 1.59. The van der Waals surface area contributed by atoms with Crippen LogP contribution in [0.25, 0.3) is 0 Å². The van der Waals surface area contributed by atoms with Gasteiger partial charge >= 0.3 is 0 Å². The number of rotatable bonds is 5. The summed E-state index contributed by atoms with van der Waals surface area (Å²) in [7, 11) is 0. The minimum absolute atomic E-state index is 0.0332. The number of aliphatic hydroxyl groups excluding tert-OH is 1. The lowest BCUT2D eigenvalue weighted by molar-refractivity contribution is 0.274. The van der Waals surface area contributed by atoms with Gasteiger partial charge in [0.25, 0.3) is 0 Å². The van der Waals surface area contributed by atoms with Crippen LogP contribution in [0.2, 0.25) is 0 Å². The van der Waals surface area contributed by atoms with E-state index in [2.05, 4.69) is 37.8 Å². The van der Waals surface area contributed by atoms with E-state index >= 15 is 0 Å². The molecule has 0 amide bonds. The van der Waals surface area contributed by atoms with Gasteiger partial charge in [-0.25, -0.2) is 9.97 Å². The van der Waals surface area contributed by atoms with Crippen molar-refractivity contribution in [3.63, 3.8) is 0 Å². The number of anilines is 1. The molecule has 0 radical (unpaired) electrons. The fraction of sp³-hybridized carbons (Fsp3) is 0.333. The van der Waals surface area contributed by atoms with Crippen molar-refractivity contribution in [1.29, 1.82) is 0 Å². The molecule has 2 N–H and O–H groups in total. The van der Waals surface area contributed by atoms with E-state index in [1.807, 2.05) is 0 Å². The van der Waals surface area contributed by atoms with Crippen molar-refractivity contribution in [2.75, 3.05) is 11.9 Å². The van der Waals surface area contributed by atoms with Gasteiger partial charge in [-0.05, 0) is 22.4 Å². The van der Waals surface area contributed by atoms with Gasteiger partial charge in [-0.1, -0.05) is 6.08 Å². The number of halogens is 1. The van der Waals surface area contributed by atoms with Crippen LogP contribution in [0.4, 0.5) is 5.95 Å². The van der Waals surface area contributed by atoms with E-state index in [1.165, 1.54) is 0 Å². The molecule has 1 heterocycles. The molecule has 0 unspecified atom stereocenters. The Labute approximate surface area is 91.2 Å². The van der Waals surface area contributed by atoms with E-state index in [0.29, 0.717) is 12.4 Å². The predicted molar refractivity (Wildman–Crippen MR) is 59.0 cm³/mol. The van der Waals surface area contributed by atoms with Crippen LogP contribution >= 0.6 is 15.9 Å². The Morgan fingerprint density at radius 1 is 1.57 bits per heavy atom. The fourth-order valence-corrected chi connectivity index (χ4v) is 1.15. The first kappa shape index (κ1) is 11.1. The Bertz CT molecular complexity index is 289. The van der Waals surface area contributed by atoms with Crippen LogP contribution in [0.3, 0.4) is 0 Å². The molecule has 1 atom stereocenters. The van der Waals surface area contributed by atoms with Gasteiger partial charge in [0.1, 0.15) is 0 Å². The lowest BCUT2D eigenvalue weighted by Gasteiger charge is -2.13. The molecule has 0 aliphatic carbocycles. The Kier molecular flexibility index (Phi) is 4.55. The van der Waals surface area contributed by atoms with Crippen LogP contribution in [0, 0.1) is 0 Å². The largest absolute Gasteiger partial charge is 0.394 e. The first-order chi connectivity index (χ1) is 6.76. The average Bonchev–Trinajstić information content (AvgIpc) is 2.20. The van der Waals surface area contributed by atoms with E-state index < -0.39 is 0 Å². The van der Waals surface area contributed by atoms with E-state index in [9.17, 15) is 0 Å². The van der Waals surface area contributed by atoms with E-state index in [1.54, 1.807) is 18.5 Å². The summed E-state index contributed by atoms with van der Waals surface area (Å²) in [6.07, 6.45) is 5.72. The van der Waals surface area contributed by atoms with Crippen LogP contribution in [-0.2, 0) is 0 Å². The smallest absolute Gasteiger partial charge is 0.222 e. The summed E-state index contributed by atoms with van der Waals surface area (Å²) >= 11 is 3.24. The Hall–Kier alpha value is -0.940. The fourth-order valence-electron chi connectivity index (χ4n) is 0.950. The minimum atomic E-state index is -0.0753. The van der Waals surface area contributed by atoms with Gasteiger partial charge in [0.05, 0.1) is 17.1 Å². The van der Waals surface area contributed by atoms with Gasteiger partial charge in [-0.2, -0.15) is 0 Å². The van der Waals surface area contributed by atoms with Crippen molar-refractivity contribution in [1.82, 2.24) is 9.97 Å². The maximum atomic E-state index is 9.00. The van der Waals surface area contributed by atoms with Gasteiger partial charge in [0.2, 0.25) is 5.95 Å². The normalized spacial score (nSPS) is 12.1. The number of nitrogens with one attached hydrogen (secondary N) is 1. The van der Waals surface area contributed by atoms with E-state index in [0.717, 1.165) is 4.47 Å². The molecule has 76 valence electrons.